The number of hydrogen-bond donors (Lipinski definition) is 1. The van der Waals surface area contributed by atoms with Crippen molar-refractivity contribution in [2.45, 2.75) is 43.0 Å². The van der Waals surface area contributed by atoms with E-state index in [1.54, 1.807) is 11.4 Å². The molecular formula is C24H25FN2O4S2. The summed E-state index contributed by atoms with van der Waals surface area (Å²) in [4.78, 5) is 13.2. The van der Waals surface area contributed by atoms with Gasteiger partial charge in [-0.15, -0.1) is 11.3 Å². The summed E-state index contributed by atoms with van der Waals surface area (Å²) in [6.45, 7) is 5.26. The smallest absolute Gasteiger partial charge is 0.274 e. The van der Waals surface area contributed by atoms with Gasteiger partial charge in [0, 0.05) is 12.0 Å². The van der Waals surface area contributed by atoms with E-state index in [0.29, 0.717) is 12.2 Å². The van der Waals surface area contributed by atoms with Crippen LogP contribution in [0, 0.1) is 12.7 Å². The van der Waals surface area contributed by atoms with E-state index in [4.69, 9.17) is 4.74 Å². The van der Waals surface area contributed by atoms with Gasteiger partial charge in [0.2, 0.25) is 5.91 Å². The summed E-state index contributed by atoms with van der Waals surface area (Å²) in [6.07, 6.45) is 0.507. The van der Waals surface area contributed by atoms with Crippen LogP contribution >= 0.6 is 11.3 Å². The number of sulfonamides is 1. The lowest BCUT2D eigenvalue weighted by molar-refractivity contribution is -0.120. The van der Waals surface area contributed by atoms with Gasteiger partial charge in [-0.1, -0.05) is 35.9 Å². The van der Waals surface area contributed by atoms with Crippen molar-refractivity contribution in [1.29, 1.82) is 0 Å². The first-order valence-corrected chi connectivity index (χ1v) is 12.8. The molecule has 0 radical (unpaired) electrons. The Morgan fingerprint density at radius 3 is 2.67 bits per heavy atom. The second kappa shape index (κ2) is 8.79. The highest BCUT2D eigenvalue weighted by Crippen LogP contribution is 2.40. The molecule has 0 spiro atoms. The summed E-state index contributed by atoms with van der Waals surface area (Å²) in [5, 5.41) is 4.57. The molecule has 6 nitrogen and oxygen atoms in total. The lowest BCUT2D eigenvalue weighted by Gasteiger charge is -2.38. The molecule has 1 N–H and O–H groups in total. The SMILES string of the molecule is Cc1ccc2c(c1)C(NC(=O)CN(c1ccccc1F)S(=O)(=O)c1cccs1)CC(C)(C)O2. The van der Waals surface area contributed by atoms with Crippen molar-refractivity contribution >= 4 is 33.0 Å². The predicted octanol–water partition coefficient (Wildman–Crippen LogP) is 4.81. The molecule has 9 heteroatoms. The molecule has 2 heterocycles. The maximum atomic E-state index is 14.6. The summed E-state index contributed by atoms with van der Waals surface area (Å²) in [5.41, 5.74) is 1.16. The largest absolute Gasteiger partial charge is 0.487 e. The zero-order chi connectivity index (χ0) is 23.8. The molecule has 0 saturated heterocycles. The van der Waals surface area contributed by atoms with Crippen LogP contribution in [-0.4, -0.2) is 26.5 Å². The van der Waals surface area contributed by atoms with Crippen molar-refractivity contribution < 1.29 is 22.3 Å². The van der Waals surface area contributed by atoms with Gasteiger partial charge in [0.1, 0.15) is 27.9 Å². The summed E-state index contributed by atoms with van der Waals surface area (Å²) < 4.78 is 48.1. The molecule has 1 aliphatic heterocycles. The molecule has 3 aromatic rings. The molecule has 0 saturated carbocycles. The molecule has 0 aliphatic carbocycles. The van der Waals surface area contributed by atoms with Gasteiger partial charge in [0.25, 0.3) is 10.0 Å². The first-order chi connectivity index (χ1) is 15.6. The Hall–Kier alpha value is -2.91. The molecule has 174 valence electrons. The van der Waals surface area contributed by atoms with Gasteiger partial charge in [-0.25, -0.2) is 12.8 Å². The van der Waals surface area contributed by atoms with Gasteiger partial charge < -0.3 is 10.1 Å². The fourth-order valence-corrected chi connectivity index (χ4v) is 6.48. The number of carbonyl (C=O) groups is 1. The number of fused-ring (bicyclic) bond motifs is 1. The number of nitrogens with zero attached hydrogens (tertiary/aromatic N) is 1. The second-order valence-electron chi connectivity index (χ2n) is 8.62. The zero-order valence-electron chi connectivity index (χ0n) is 18.5. The number of carbonyl (C=O) groups excluding carboxylic acids is 1. The van der Waals surface area contributed by atoms with Crippen LogP contribution < -0.4 is 14.4 Å². The molecule has 0 fully saturated rings. The molecule has 1 amide bonds. The Balaban J connectivity index is 1.65. The number of nitrogens with one attached hydrogen (secondary N) is 1. The number of halogens is 1. The van der Waals surface area contributed by atoms with Gasteiger partial charge in [0.05, 0.1) is 11.7 Å². The number of para-hydroxylation sites is 1. The number of hydrogen-bond acceptors (Lipinski definition) is 5. The maximum absolute atomic E-state index is 14.6. The van der Waals surface area contributed by atoms with Gasteiger partial charge in [-0.05, 0) is 50.4 Å². The van der Waals surface area contributed by atoms with Crippen molar-refractivity contribution in [3.63, 3.8) is 0 Å². The number of amides is 1. The predicted molar refractivity (Wildman–Crippen MR) is 127 cm³/mol. The molecule has 2 aromatic carbocycles. The number of rotatable bonds is 6. The molecule has 0 bridgehead atoms. The average Bonchev–Trinajstić information content (AvgIpc) is 3.28. The molecule has 1 aromatic heterocycles. The Bertz CT molecular complexity index is 1270. The van der Waals surface area contributed by atoms with Gasteiger partial charge in [-0.3, -0.25) is 9.10 Å². The molecular weight excluding hydrogens is 463 g/mol. The van der Waals surface area contributed by atoms with Crippen molar-refractivity contribution in [3.05, 3.63) is 76.9 Å². The molecule has 1 unspecified atom stereocenters. The average molecular weight is 489 g/mol. The van der Waals surface area contributed by atoms with Crippen LogP contribution in [0.5, 0.6) is 5.75 Å². The number of ether oxygens (including phenoxy) is 1. The van der Waals surface area contributed by atoms with E-state index in [9.17, 15) is 17.6 Å². The minimum atomic E-state index is -4.13. The summed E-state index contributed by atoms with van der Waals surface area (Å²) in [7, 11) is -4.13. The first kappa shape index (κ1) is 23.3. The van der Waals surface area contributed by atoms with Crippen LogP contribution in [-0.2, 0) is 14.8 Å². The topological polar surface area (TPSA) is 75.7 Å². The Labute approximate surface area is 197 Å². The lowest BCUT2D eigenvalue weighted by atomic mass is 9.89. The van der Waals surface area contributed by atoms with E-state index >= 15 is 0 Å². The lowest BCUT2D eigenvalue weighted by Crippen LogP contribution is -2.45. The quantitative estimate of drug-likeness (QED) is 0.540. The number of aryl methyl sites for hydroxylation is 1. The Morgan fingerprint density at radius 1 is 1.21 bits per heavy atom. The number of thiophene rings is 1. The number of anilines is 1. The summed E-state index contributed by atoms with van der Waals surface area (Å²) in [5.74, 6) is -0.577. The maximum Gasteiger partial charge on any atom is 0.274 e. The zero-order valence-corrected chi connectivity index (χ0v) is 20.2. The van der Waals surface area contributed by atoms with Crippen molar-refractivity contribution in [2.24, 2.45) is 0 Å². The van der Waals surface area contributed by atoms with Crippen LogP contribution in [0.3, 0.4) is 0 Å². The summed E-state index contributed by atoms with van der Waals surface area (Å²) in [6, 6.07) is 14.0. The second-order valence-corrected chi connectivity index (χ2v) is 11.7. The van der Waals surface area contributed by atoms with Crippen LogP contribution in [0.25, 0.3) is 0 Å². The molecule has 4 rings (SSSR count). The van der Waals surface area contributed by atoms with Crippen LogP contribution in [0.4, 0.5) is 10.1 Å². The fraction of sp³-hybridized carbons (Fsp3) is 0.292. The monoisotopic (exact) mass is 488 g/mol. The van der Waals surface area contributed by atoms with E-state index < -0.39 is 33.9 Å². The van der Waals surface area contributed by atoms with Gasteiger partial charge >= 0.3 is 0 Å². The highest BCUT2D eigenvalue weighted by Gasteiger charge is 2.36. The minimum absolute atomic E-state index is 0.0340. The minimum Gasteiger partial charge on any atom is -0.487 e. The fourth-order valence-electron chi connectivity index (χ4n) is 3.95. The van der Waals surface area contributed by atoms with E-state index in [-0.39, 0.29) is 15.9 Å². The van der Waals surface area contributed by atoms with Crippen molar-refractivity contribution in [3.8, 4) is 5.75 Å². The van der Waals surface area contributed by atoms with Crippen molar-refractivity contribution in [1.82, 2.24) is 5.32 Å². The standard InChI is InChI=1S/C24H25FN2O4S2/c1-16-10-11-21-17(13-16)19(14-24(2,3)31-21)26-22(28)15-27(20-8-5-4-7-18(20)25)33(29,30)23-9-6-12-32-23/h4-13,19H,14-15H2,1-3H3,(H,26,28). The van der Waals surface area contributed by atoms with E-state index in [2.05, 4.69) is 5.32 Å². The van der Waals surface area contributed by atoms with Crippen molar-refractivity contribution in [2.75, 3.05) is 10.8 Å². The van der Waals surface area contributed by atoms with E-state index in [1.807, 2.05) is 39.0 Å². The summed E-state index contributed by atoms with van der Waals surface area (Å²) >= 11 is 1.01. The third-order valence-corrected chi connectivity index (χ3v) is 8.54. The molecule has 1 aliphatic rings. The van der Waals surface area contributed by atoms with E-state index in [1.165, 1.54) is 30.3 Å². The van der Waals surface area contributed by atoms with Gasteiger partial charge in [-0.2, -0.15) is 0 Å². The first-order valence-electron chi connectivity index (χ1n) is 10.5. The van der Waals surface area contributed by atoms with Gasteiger partial charge in [0.15, 0.2) is 0 Å². The molecule has 33 heavy (non-hydrogen) atoms. The Kier molecular flexibility index (Phi) is 6.20. The highest BCUT2D eigenvalue weighted by molar-refractivity contribution is 7.94. The van der Waals surface area contributed by atoms with Crippen LogP contribution in [0.2, 0.25) is 0 Å². The normalized spacial score (nSPS) is 17.0. The molecule has 1 atom stereocenters. The Morgan fingerprint density at radius 2 is 1.97 bits per heavy atom. The highest BCUT2D eigenvalue weighted by atomic mass is 32.2. The van der Waals surface area contributed by atoms with Crippen LogP contribution in [0.1, 0.15) is 37.4 Å². The third-order valence-electron chi connectivity index (χ3n) is 5.41. The van der Waals surface area contributed by atoms with E-state index in [0.717, 1.165) is 26.8 Å². The third kappa shape index (κ3) is 4.89. The number of benzene rings is 2. The van der Waals surface area contributed by atoms with Crippen LogP contribution in [0.15, 0.2) is 64.2 Å².